The largest absolute Gasteiger partial charge is 0.452 e. The highest BCUT2D eigenvalue weighted by atomic mass is 79.9. The van der Waals surface area contributed by atoms with Crippen LogP contribution in [0.1, 0.15) is 16.2 Å². The second-order valence-electron chi connectivity index (χ2n) is 4.35. The summed E-state index contributed by atoms with van der Waals surface area (Å²) in [6.07, 6.45) is 3.01. The summed E-state index contributed by atoms with van der Waals surface area (Å²) in [7, 11) is 0. The number of nitrogens with zero attached hydrogens (tertiary/aromatic N) is 3. The maximum Gasteiger partial charge on any atom is 0.340 e. The summed E-state index contributed by atoms with van der Waals surface area (Å²) in [5.74, 6) is 0.180. The lowest BCUT2D eigenvalue weighted by Gasteiger charge is -2.01. The average Bonchev–Trinajstić information content (AvgIpc) is 3.02. The molecule has 0 aliphatic carbocycles. The van der Waals surface area contributed by atoms with E-state index in [9.17, 15) is 4.79 Å². The van der Waals surface area contributed by atoms with E-state index in [0.29, 0.717) is 15.9 Å². The number of esters is 1. The summed E-state index contributed by atoms with van der Waals surface area (Å²) >= 11 is 3.24. The molecule has 3 aromatic rings. The molecule has 0 fully saturated rings. The third-order valence-electron chi connectivity index (χ3n) is 2.77. The van der Waals surface area contributed by atoms with Gasteiger partial charge in [-0.1, -0.05) is 35.5 Å². The molecule has 1 aromatic carbocycles. The molecule has 110 valence electrons. The number of halogens is 1. The SMILES string of the molecule is O=C(OCc1nc(-c2ccccc2)no1)c1cncc(Br)c1. The third kappa shape index (κ3) is 3.37. The molecule has 0 aliphatic rings. The fourth-order valence-electron chi connectivity index (χ4n) is 1.75. The van der Waals surface area contributed by atoms with Gasteiger partial charge in [0.2, 0.25) is 5.82 Å². The Bertz CT molecular complexity index is 789. The van der Waals surface area contributed by atoms with Crippen LogP contribution in [0.2, 0.25) is 0 Å². The van der Waals surface area contributed by atoms with Gasteiger partial charge in [-0.25, -0.2) is 4.79 Å². The van der Waals surface area contributed by atoms with Gasteiger partial charge in [-0.05, 0) is 22.0 Å². The third-order valence-corrected chi connectivity index (χ3v) is 3.20. The fourth-order valence-corrected chi connectivity index (χ4v) is 2.12. The van der Waals surface area contributed by atoms with Gasteiger partial charge >= 0.3 is 5.97 Å². The van der Waals surface area contributed by atoms with Crippen LogP contribution in [-0.2, 0) is 11.3 Å². The predicted octanol–water partition coefficient (Wildman–Crippen LogP) is 3.25. The summed E-state index contributed by atoms with van der Waals surface area (Å²) in [5, 5.41) is 3.85. The number of ether oxygens (including phenoxy) is 1. The molecule has 0 amide bonds. The fraction of sp³-hybridized carbons (Fsp3) is 0.0667. The van der Waals surface area contributed by atoms with Gasteiger partial charge < -0.3 is 9.26 Å². The first kappa shape index (κ1) is 14.4. The van der Waals surface area contributed by atoms with Crippen molar-refractivity contribution in [2.24, 2.45) is 0 Å². The number of carbonyl (C=O) groups excluding carboxylic acids is 1. The number of aromatic nitrogens is 3. The molecule has 0 saturated heterocycles. The van der Waals surface area contributed by atoms with Crippen LogP contribution in [-0.4, -0.2) is 21.1 Å². The van der Waals surface area contributed by atoms with Crippen molar-refractivity contribution in [1.29, 1.82) is 0 Å². The molecular weight excluding hydrogens is 350 g/mol. The number of benzene rings is 1. The Morgan fingerprint density at radius 3 is 2.82 bits per heavy atom. The molecule has 0 N–H and O–H groups in total. The molecule has 0 radical (unpaired) electrons. The lowest BCUT2D eigenvalue weighted by molar-refractivity contribution is 0.0429. The molecule has 2 aromatic heterocycles. The number of rotatable bonds is 4. The maximum absolute atomic E-state index is 11.9. The Balaban J connectivity index is 1.65. The minimum absolute atomic E-state index is 0.0921. The van der Waals surface area contributed by atoms with E-state index in [0.717, 1.165) is 5.56 Å². The minimum Gasteiger partial charge on any atom is -0.452 e. The molecule has 6 nitrogen and oxygen atoms in total. The lowest BCUT2D eigenvalue weighted by Crippen LogP contribution is -2.05. The van der Waals surface area contributed by atoms with Crippen LogP contribution in [0.3, 0.4) is 0 Å². The van der Waals surface area contributed by atoms with Crippen LogP contribution in [0.4, 0.5) is 0 Å². The first-order valence-electron chi connectivity index (χ1n) is 6.38. The number of pyridine rings is 1. The molecule has 0 aliphatic heterocycles. The van der Waals surface area contributed by atoms with Crippen LogP contribution >= 0.6 is 15.9 Å². The van der Waals surface area contributed by atoms with Gasteiger partial charge in [0.25, 0.3) is 5.89 Å². The Hall–Kier alpha value is -2.54. The van der Waals surface area contributed by atoms with Crippen molar-refractivity contribution in [2.75, 3.05) is 0 Å². The highest BCUT2D eigenvalue weighted by Gasteiger charge is 2.12. The van der Waals surface area contributed by atoms with Crippen molar-refractivity contribution in [3.05, 3.63) is 64.7 Å². The number of carbonyl (C=O) groups is 1. The van der Waals surface area contributed by atoms with E-state index < -0.39 is 5.97 Å². The predicted molar refractivity (Wildman–Crippen MR) is 80.8 cm³/mol. The summed E-state index contributed by atoms with van der Waals surface area (Å²) in [4.78, 5) is 20.0. The molecule has 0 atom stereocenters. The van der Waals surface area contributed by atoms with Gasteiger partial charge in [0.15, 0.2) is 6.61 Å². The normalized spacial score (nSPS) is 10.4. The first-order valence-corrected chi connectivity index (χ1v) is 7.17. The topological polar surface area (TPSA) is 78.1 Å². The van der Waals surface area contributed by atoms with Gasteiger partial charge in [-0.2, -0.15) is 4.98 Å². The summed E-state index contributed by atoms with van der Waals surface area (Å²) in [5.41, 5.74) is 1.18. The van der Waals surface area contributed by atoms with Gasteiger partial charge in [0.05, 0.1) is 5.56 Å². The van der Waals surface area contributed by atoms with E-state index in [1.54, 1.807) is 12.3 Å². The molecule has 22 heavy (non-hydrogen) atoms. The van der Waals surface area contributed by atoms with E-state index in [4.69, 9.17) is 9.26 Å². The zero-order valence-corrected chi connectivity index (χ0v) is 12.9. The lowest BCUT2D eigenvalue weighted by atomic mass is 10.2. The van der Waals surface area contributed by atoms with Crippen molar-refractivity contribution in [3.63, 3.8) is 0 Å². The second-order valence-corrected chi connectivity index (χ2v) is 5.26. The maximum atomic E-state index is 11.9. The zero-order valence-electron chi connectivity index (χ0n) is 11.3. The molecule has 0 spiro atoms. The van der Waals surface area contributed by atoms with E-state index in [2.05, 4.69) is 31.1 Å². The monoisotopic (exact) mass is 359 g/mol. The van der Waals surface area contributed by atoms with Crippen LogP contribution in [0.25, 0.3) is 11.4 Å². The van der Waals surface area contributed by atoms with Crippen molar-refractivity contribution >= 4 is 21.9 Å². The first-order chi connectivity index (χ1) is 10.7. The molecule has 3 rings (SSSR count). The van der Waals surface area contributed by atoms with Crippen molar-refractivity contribution in [1.82, 2.24) is 15.1 Å². The molecule has 0 unspecified atom stereocenters. The highest BCUT2D eigenvalue weighted by Crippen LogP contribution is 2.16. The quantitative estimate of drug-likeness (QED) is 0.665. The summed E-state index contributed by atoms with van der Waals surface area (Å²) in [6.45, 7) is -0.0921. The molecular formula is C15H10BrN3O3. The van der Waals surface area contributed by atoms with E-state index in [1.807, 2.05) is 30.3 Å². The van der Waals surface area contributed by atoms with E-state index in [1.165, 1.54) is 6.20 Å². The summed E-state index contributed by atoms with van der Waals surface area (Å²) in [6, 6.07) is 11.0. The van der Waals surface area contributed by atoms with Gasteiger partial charge in [-0.15, -0.1) is 0 Å². The van der Waals surface area contributed by atoms with Crippen molar-refractivity contribution < 1.29 is 14.1 Å². The van der Waals surface area contributed by atoms with E-state index in [-0.39, 0.29) is 12.5 Å². The smallest absolute Gasteiger partial charge is 0.340 e. The molecule has 0 saturated carbocycles. The van der Waals surface area contributed by atoms with Crippen LogP contribution in [0, 0.1) is 0 Å². The Labute approximate surface area is 134 Å². The van der Waals surface area contributed by atoms with Crippen LogP contribution in [0.15, 0.2) is 57.8 Å². The van der Waals surface area contributed by atoms with Gasteiger partial charge in [0.1, 0.15) is 0 Å². The summed E-state index contributed by atoms with van der Waals surface area (Å²) < 4.78 is 10.9. The van der Waals surface area contributed by atoms with Crippen LogP contribution in [0.5, 0.6) is 0 Å². The zero-order chi connectivity index (χ0) is 15.4. The Morgan fingerprint density at radius 1 is 1.23 bits per heavy atom. The highest BCUT2D eigenvalue weighted by molar-refractivity contribution is 9.10. The van der Waals surface area contributed by atoms with Gasteiger partial charge in [0, 0.05) is 22.4 Å². The molecule has 2 heterocycles. The van der Waals surface area contributed by atoms with E-state index >= 15 is 0 Å². The number of hydrogen-bond acceptors (Lipinski definition) is 6. The van der Waals surface area contributed by atoms with Crippen molar-refractivity contribution in [2.45, 2.75) is 6.61 Å². The standard InChI is InChI=1S/C15H10BrN3O3/c16-12-6-11(7-17-8-12)15(20)21-9-13-18-14(19-22-13)10-4-2-1-3-5-10/h1-8H,9H2. The van der Waals surface area contributed by atoms with Gasteiger partial charge in [-0.3, -0.25) is 4.98 Å². The number of hydrogen-bond donors (Lipinski definition) is 0. The van der Waals surface area contributed by atoms with Crippen molar-refractivity contribution in [3.8, 4) is 11.4 Å². The van der Waals surface area contributed by atoms with Crippen LogP contribution < -0.4 is 0 Å². The molecule has 0 bridgehead atoms. The average molecular weight is 360 g/mol. The Kier molecular flexibility index (Phi) is 4.24. The Morgan fingerprint density at radius 2 is 2.05 bits per heavy atom. The second kappa shape index (κ2) is 6.48. The minimum atomic E-state index is -0.506. The molecule has 7 heteroatoms.